The molecule has 0 aromatic rings. The van der Waals surface area contributed by atoms with Crippen LogP contribution in [0.3, 0.4) is 0 Å². The zero-order chi connectivity index (χ0) is 10.1. The van der Waals surface area contributed by atoms with Gasteiger partial charge in [-0.05, 0) is 6.42 Å². The molecule has 0 aromatic carbocycles. The van der Waals surface area contributed by atoms with E-state index in [2.05, 4.69) is 0 Å². The van der Waals surface area contributed by atoms with Crippen molar-refractivity contribution in [2.75, 3.05) is 0 Å². The molecule has 0 saturated carbocycles. The summed E-state index contributed by atoms with van der Waals surface area (Å²) in [5, 5.41) is 0. The average molecular weight is 184 g/mol. The number of hydrogen-bond donors (Lipinski definition) is 0. The zero-order valence-electron chi connectivity index (χ0n) is 7.22. The topological polar surface area (TPSA) is 68.3 Å². The molecule has 0 aliphatic rings. The van der Waals surface area contributed by atoms with Gasteiger partial charge in [0.05, 0.1) is 0 Å². The van der Waals surface area contributed by atoms with Gasteiger partial charge in [0.15, 0.2) is 0 Å². The minimum Gasteiger partial charge on any atom is -0.303 e. The molecule has 0 bridgehead atoms. The summed E-state index contributed by atoms with van der Waals surface area (Å²) < 4.78 is 0. The number of hydrogen-bond acceptors (Lipinski definition) is 4. The van der Waals surface area contributed by atoms with Crippen molar-refractivity contribution in [1.82, 2.24) is 0 Å². The van der Waals surface area contributed by atoms with E-state index in [1.165, 1.54) is 0 Å². The molecule has 4 heteroatoms. The normalized spacial score (nSPS) is 14.2. The molecule has 0 aliphatic heterocycles. The summed E-state index contributed by atoms with van der Waals surface area (Å²) in [5.41, 5.74) is 0. The molecule has 0 fully saturated rings. The van der Waals surface area contributed by atoms with Gasteiger partial charge < -0.3 is 19.2 Å². The second-order valence-electron chi connectivity index (χ2n) is 2.75. The third kappa shape index (κ3) is 4.30. The number of carbonyl (C=O) groups is 4. The first-order valence-electron chi connectivity index (χ1n) is 4.08. The standard InChI is InChI=1S/C9H12O4/c10-4-1-2-8(6-12)9(7-13)3-5-11/h4-9H,1-3H2. The molecule has 13 heavy (non-hydrogen) atoms. The van der Waals surface area contributed by atoms with Crippen molar-refractivity contribution in [3.05, 3.63) is 0 Å². The highest BCUT2D eigenvalue weighted by Crippen LogP contribution is 2.15. The summed E-state index contributed by atoms with van der Waals surface area (Å²) in [4.78, 5) is 41.1. The molecule has 2 unspecified atom stereocenters. The quantitative estimate of drug-likeness (QED) is 0.505. The predicted molar refractivity (Wildman–Crippen MR) is 45.1 cm³/mol. The molecule has 0 rings (SSSR count). The summed E-state index contributed by atoms with van der Waals surface area (Å²) >= 11 is 0. The van der Waals surface area contributed by atoms with Crippen LogP contribution >= 0.6 is 0 Å². The highest BCUT2D eigenvalue weighted by Gasteiger charge is 2.19. The third-order valence-corrected chi connectivity index (χ3v) is 1.89. The van der Waals surface area contributed by atoms with Gasteiger partial charge in [-0.1, -0.05) is 0 Å². The molecule has 4 nitrogen and oxygen atoms in total. The monoisotopic (exact) mass is 184 g/mol. The summed E-state index contributed by atoms with van der Waals surface area (Å²) in [6.45, 7) is 0. The van der Waals surface area contributed by atoms with Gasteiger partial charge in [0.25, 0.3) is 0 Å². The van der Waals surface area contributed by atoms with E-state index in [0.717, 1.165) is 0 Å². The first-order valence-corrected chi connectivity index (χ1v) is 4.08. The number of rotatable bonds is 8. The van der Waals surface area contributed by atoms with E-state index in [9.17, 15) is 19.2 Å². The molecule has 0 amide bonds. The van der Waals surface area contributed by atoms with Crippen LogP contribution in [0.2, 0.25) is 0 Å². The highest BCUT2D eigenvalue weighted by molar-refractivity contribution is 5.69. The van der Waals surface area contributed by atoms with Crippen molar-refractivity contribution in [3.8, 4) is 0 Å². The Bertz CT molecular complexity index is 188. The van der Waals surface area contributed by atoms with Crippen LogP contribution < -0.4 is 0 Å². The molecule has 0 aliphatic carbocycles. The maximum Gasteiger partial charge on any atom is 0.124 e. The maximum atomic E-state index is 10.5. The average Bonchev–Trinajstić information content (AvgIpc) is 2.17. The molecular formula is C9H12O4. The van der Waals surface area contributed by atoms with E-state index in [1.807, 2.05) is 0 Å². The van der Waals surface area contributed by atoms with Crippen LogP contribution in [0, 0.1) is 11.8 Å². The van der Waals surface area contributed by atoms with Crippen molar-refractivity contribution in [2.24, 2.45) is 11.8 Å². The molecule has 72 valence electrons. The molecule has 0 aromatic heterocycles. The van der Waals surface area contributed by atoms with E-state index in [0.29, 0.717) is 31.6 Å². The summed E-state index contributed by atoms with van der Waals surface area (Å²) in [6.07, 6.45) is 3.16. The highest BCUT2D eigenvalue weighted by atomic mass is 16.1. The second kappa shape index (κ2) is 7.34. The smallest absolute Gasteiger partial charge is 0.124 e. The summed E-state index contributed by atoms with van der Waals surface area (Å²) in [6, 6.07) is 0. The Kier molecular flexibility index (Phi) is 6.59. The minimum atomic E-state index is -0.574. The van der Waals surface area contributed by atoms with E-state index < -0.39 is 11.8 Å². The molecule has 2 atom stereocenters. The van der Waals surface area contributed by atoms with Crippen LogP contribution in [-0.4, -0.2) is 25.1 Å². The lowest BCUT2D eigenvalue weighted by Gasteiger charge is -2.12. The van der Waals surface area contributed by atoms with E-state index >= 15 is 0 Å². The molecule has 0 saturated heterocycles. The Morgan fingerprint density at radius 1 is 0.846 bits per heavy atom. The largest absolute Gasteiger partial charge is 0.303 e. The van der Waals surface area contributed by atoms with Gasteiger partial charge in [-0.3, -0.25) is 0 Å². The van der Waals surface area contributed by atoms with E-state index in [4.69, 9.17) is 0 Å². The Morgan fingerprint density at radius 2 is 1.46 bits per heavy atom. The fourth-order valence-corrected chi connectivity index (χ4v) is 1.09. The first-order chi connectivity index (χ1) is 6.29. The Balaban J connectivity index is 4.14. The van der Waals surface area contributed by atoms with E-state index in [-0.39, 0.29) is 12.8 Å². The first kappa shape index (κ1) is 11.7. The molecule has 0 heterocycles. The van der Waals surface area contributed by atoms with Gasteiger partial charge in [-0.2, -0.15) is 0 Å². The molecule has 0 radical (unpaired) electrons. The maximum absolute atomic E-state index is 10.5. The van der Waals surface area contributed by atoms with Gasteiger partial charge in [0.1, 0.15) is 25.1 Å². The molecule has 0 spiro atoms. The summed E-state index contributed by atoms with van der Waals surface area (Å²) in [7, 11) is 0. The van der Waals surface area contributed by atoms with Gasteiger partial charge in [0.2, 0.25) is 0 Å². The van der Waals surface area contributed by atoms with Crippen LogP contribution in [0.1, 0.15) is 19.3 Å². The lowest BCUT2D eigenvalue weighted by atomic mass is 9.89. The van der Waals surface area contributed by atoms with Crippen molar-refractivity contribution in [1.29, 1.82) is 0 Å². The van der Waals surface area contributed by atoms with Gasteiger partial charge in [-0.15, -0.1) is 0 Å². The Hall–Kier alpha value is -1.32. The van der Waals surface area contributed by atoms with Crippen molar-refractivity contribution < 1.29 is 19.2 Å². The fourth-order valence-electron chi connectivity index (χ4n) is 1.09. The van der Waals surface area contributed by atoms with Crippen LogP contribution in [0.4, 0.5) is 0 Å². The van der Waals surface area contributed by atoms with Crippen molar-refractivity contribution >= 4 is 25.1 Å². The van der Waals surface area contributed by atoms with Crippen molar-refractivity contribution in [3.63, 3.8) is 0 Å². The van der Waals surface area contributed by atoms with E-state index in [1.54, 1.807) is 0 Å². The van der Waals surface area contributed by atoms with Gasteiger partial charge in [0, 0.05) is 24.7 Å². The Labute approximate surface area is 76.3 Å². The minimum absolute atomic E-state index is 0.0474. The lowest BCUT2D eigenvalue weighted by Crippen LogP contribution is -2.18. The second-order valence-corrected chi connectivity index (χ2v) is 2.75. The number of aldehydes is 4. The predicted octanol–water partition coefficient (Wildman–Crippen LogP) is 0.185. The van der Waals surface area contributed by atoms with Crippen LogP contribution in [0.5, 0.6) is 0 Å². The van der Waals surface area contributed by atoms with Gasteiger partial charge in [-0.25, -0.2) is 0 Å². The zero-order valence-corrected chi connectivity index (χ0v) is 7.22. The van der Waals surface area contributed by atoms with Crippen LogP contribution in [0.25, 0.3) is 0 Å². The van der Waals surface area contributed by atoms with Crippen LogP contribution in [0.15, 0.2) is 0 Å². The Morgan fingerprint density at radius 3 is 1.85 bits per heavy atom. The SMILES string of the molecule is O=CCCC(C=O)C(C=O)CC=O. The van der Waals surface area contributed by atoms with Crippen molar-refractivity contribution in [2.45, 2.75) is 19.3 Å². The molecular weight excluding hydrogens is 172 g/mol. The summed E-state index contributed by atoms with van der Waals surface area (Å²) in [5.74, 6) is -1.08. The molecule has 0 N–H and O–H groups in total. The lowest BCUT2D eigenvalue weighted by molar-refractivity contribution is -0.122. The number of carbonyl (C=O) groups excluding carboxylic acids is 4. The van der Waals surface area contributed by atoms with Gasteiger partial charge >= 0.3 is 0 Å². The fraction of sp³-hybridized carbons (Fsp3) is 0.556. The third-order valence-electron chi connectivity index (χ3n) is 1.89. The van der Waals surface area contributed by atoms with Crippen LogP contribution in [-0.2, 0) is 19.2 Å².